The summed E-state index contributed by atoms with van der Waals surface area (Å²) in [5, 5.41) is 19.6. The third-order valence-electron chi connectivity index (χ3n) is 5.72. The molecule has 0 aromatic heterocycles. The molecule has 0 aliphatic heterocycles. The van der Waals surface area contributed by atoms with Gasteiger partial charge in [-0.1, -0.05) is 35.4 Å². The van der Waals surface area contributed by atoms with Crippen molar-refractivity contribution >= 4 is 38.4 Å². The molecule has 0 aliphatic carbocycles. The molecule has 0 saturated heterocycles. The molecular weight excluding hydrogens is 540 g/mol. The Morgan fingerprint density at radius 3 is 2.00 bits per heavy atom. The minimum absolute atomic E-state index is 0.00157. The Labute approximate surface area is 228 Å². The molecule has 39 heavy (non-hydrogen) atoms. The Hall–Kier alpha value is -4.19. The molecule has 0 saturated carbocycles. The average Bonchev–Trinajstić information content (AvgIpc) is 2.90. The van der Waals surface area contributed by atoms with E-state index in [0.29, 0.717) is 16.1 Å². The molecule has 0 aliphatic rings. The van der Waals surface area contributed by atoms with Crippen LogP contribution in [0.3, 0.4) is 0 Å². The molecule has 0 radical (unpaired) electrons. The van der Waals surface area contributed by atoms with Crippen molar-refractivity contribution in [2.24, 2.45) is 0 Å². The van der Waals surface area contributed by atoms with Crippen molar-refractivity contribution in [2.75, 3.05) is 9.44 Å². The number of aliphatic hydroxyl groups excluding tert-OH is 1. The number of carboxylic acids is 1. The Morgan fingerprint density at radius 1 is 0.846 bits per heavy atom. The van der Waals surface area contributed by atoms with E-state index in [-0.39, 0.29) is 34.3 Å². The second-order valence-corrected chi connectivity index (χ2v) is 11.6. The summed E-state index contributed by atoms with van der Waals surface area (Å²) in [6.07, 6.45) is 0. The molecule has 1 unspecified atom stereocenters. The summed E-state index contributed by atoms with van der Waals surface area (Å²) in [5.74, 6) is -0.926. The monoisotopic (exact) mass is 566 g/mol. The van der Waals surface area contributed by atoms with Crippen LogP contribution in [0.4, 0.5) is 11.4 Å². The predicted octanol–water partition coefficient (Wildman–Crippen LogP) is 5.22. The molecule has 0 amide bonds. The molecule has 202 valence electrons. The fraction of sp³-hybridized carbons (Fsp3) is 0.107. The van der Waals surface area contributed by atoms with Gasteiger partial charge in [-0.15, -0.1) is 0 Å². The van der Waals surface area contributed by atoms with Gasteiger partial charge in [0.1, 0.15) is 22.5 Å². The quantitative estimate of drug-likeness (QED) is 0.206. The third-order valence-corrected chi connectivity index (χ3v) is 8.20. The van der Waals surface area contributed by atoms with Gasteiger partial charge in [-0.2, -0.15) is 0 Å². The van der Waals surface area contributed by atoms with E-state index in [1.165, 1.54) is 36.4 Å². The number of ether oxygens (including phenoxy) is 1. The number of aliphatic hydroxyl groups is 1. The SMILES string of the molecule is Cc1ccc(S(=O)Nc2ccc(Oc3ccc(NS(=O)(=O)c4ccc(C)cc4)c(C(=O)O)c3)cc2CO)cc1. The fourth-order valence-corrected chi connectivity index (χ4v) is 5.57. The molecule has 4 rings (SSSR count). The Bertz CT molecular complexity index is 1640. The molecule has 0 heterocycles. The van der Waals surface area contributed by atoms with Crippen molar-refractivity contribution in [2.45, 2.75) is 30.2 Å². The largest absolute Gasteiger partial charge is 0.478 e. The van der Waals surface area contributed by atoms with Crippen molar-refractivity contribution in [3.8, 4) is 11.5 Å². The number of nitrogens with one attached hydrogen (secondary N) is 2. The molecule has 4 aromatic carbocycles. The van der Waals surface area contributed by atoms with Gasteiger partial charge in [0.05, 0.1) is 33.3 Å². The highest BCUT2D eigenvalue weighted by Crippen LogP contribution is 2.31. The molecule has 4 N–H and O–H groups in total. The van der Waals surface area contributed by atoms with E-state index in [9.17, 15) is 27.6 Å². The second kappa shape index (κ2) is 11.7. The number of hydrogen-bond donors (Lipinski definition) is 4. The van der Waals surface area contributed by atoms with E-state index in [1.54, 1.807) is 36.4 Å². The summed E-state index contributed by atoms with van der Waals surface area (Å²) in [4.78, 5) is 12.5. The molecule has 11 heteroatoms. The van der Waals surface area contributed by atoms with Crippen LogP contribution >= 0.6 is 0 Å². The number of sulfonamides is 1. The van der Waals surface area contributed by atoms with Gasteiger partial charge >= 0.3 is 5.97 Å². The lowest BCUT2D eigenvalue weighted by Crippen LogP contribution is -2.15. The van der Waals surface area contributed by atoms with Crippen molar-refractivity contribution in [3.05, 3.63) is 107 Å². The third kappa shape index (κ3) is 6.82. The normalized spacial score (nSPS) is 12.0. The van der Waals surface area contributed by atoms with Gasteiger partial charge in [0, 0.05) is 5.56 Å². The second-order valence-electron chi connectivity index (χ2n) is 8.69. The highest BCUT2D eigenvalue weighted by atomic mass is 32.2. The summed E-state index contributed by atoms with van der Waals surface area (Å²) in [5.41, 5.74) is 2.34. The lowest BCUT2D eigenvalue weighted by Gasteiger charge is -2.15. The Kier molecular flexibility index (Phi) is 8.34. The van der Waals surface area contributed by atoms with Crippen molar-refractivity contribution in [3.63, 3.8) is 0 Å². The molecule has 0 fully saturated rings. The minimum atomic E-state index is -4.02. The van der Waals surface area contributed by atoms with Crippen LogP contribution in [0.5, 0.6) is 11.5 Å². The van der Waals surface area contributed by atoms with Crippen molar-refractivity contribution in [1.82, 2.24) is 0 Å². The van der Waals surface area contributed by atoms with Crippen LogP contribution in [-0.2, 0) is 27.6 Å². The van der Waals surface area contributed by atoms with Gasteiger partial charge in [-0.25, -0.2) is 17.4 Å². The molecule has 0 spiro atoms. The number of benzene rings is 4. The molecule has 0 bridgehead atoms. The van der Waals surface area contributed by atoms with Crippen LogP contribution in [-0.4, -0.2) is 28.8 Å². The number of anilines is 2. The van der Waals surface area contributed by atoms with Crippen LogP contribution < -0.4 is 14.2 Å². The van der Waals surface area contributed by atoms with Gasteiger partial charge in [-0.05, 0) is 74.5 Å². The lowest BCUT2D eigenvalue weighted by atomic mass is 10.1. The highest BCUT2D eigenvalue weighted by molar-refractivity contribution is 7.92. The summed E-state index contributed by atoms with van der Waals surface area (Å²) < 4.78 is 49.2. The van der Waals surface area contributed by atoms with Crippen LogP contribution in [0.1, 0.15) is 27.0 Å². The molecule has 9 nitrogen and oxygen atoms in total. The minimum Gasteiger partial charge on any atom is -0.478 e. The molecule has 4 aromatic rings. The first kappa shape index (κ1) is 27.8. The first-order valence-corrected chi connectivity index (χ1v) is 14.3. The van der Waals surface area contributed by atoms with E-state index in [1.807, 2.05) is 26.0 Å². The van der Waals surface area contributed by atoms with Crippen molar-refractivity contribution < 1.29 is 32.4 Å². The number of carbonyl (C=O) groups is 1. The van der Waals surface area contributed by atoms with Crippen LogP contribution in [0.2, 0.25) is 0 Å². The summed E-state index contributed by atoms with van der Waals surface area (Å²) in [6.45, 7) is 3.38. The summed E-state index contributed by atoms with van der Waals surface area (Å²) in [6, 6.07) is 22.0. The Balaban J connectivity index is 1.54. The maximum atomic E-state index is 12.8. The average molecular weight is 567 g/mol. The van der Waals surface area contributed by atoms with E-state index >= 15 is 0 Å². The standard InChI is InChI=1S/C28H26N2O7S2/c1-18-3-9-23(10-4-18)38(34)29-26-13-7-21(15-20(26)17-31)37-22-8-14-27(25(16-22)28(32)33)30-39(35,36)24-11-5-19(2)6-12-24/h3-16,29-31H,17H2,1-2H3,(H,32,33). The van der Waals surface area contributed by atoms with Gasteiger partial charge in [0.2, 0.25) is 0 Å². The Morgan fingerprint density at radius 2 is 1.41 bits per heavy atom. The first-order chi connectivity index (χ1) is 18.6. The van der Waals surface area contributed by atoms with E-state index < -0.39 is 27.0 Å². The van der Waals surface area contributed by atoms with Crippen molar-refractivity contribution in [1.29, 1.82) is 0 Å². The first-order valence-electron chi connectivity index (χ1n) is 11.7. The smallest absolute Gasteiger partial charge is 0.337 e. The number of aromatic carboxylic acids is 1. The predicted molar refractivity (Wildman–Crippen MR) is 149 cm³/mol. The fourth-order valence-electron chi connectivity index (χ4n) is 3.59. The molecule has 1 atom stereocenters. The van der Waals surface area contributed by atoms with E-state index in [0.717, 1.165) is 11.1 Å². The number of carboxylic acid groups (broad SMARTS) is 1. The number of hydrogen-bond acceptors (Lipinski definition) is 6. The van der Waals surface area contributed by atoms with E-state index in [4.69, 9.17) is 4.74 Å². The van der Waals surface area contributed by atoms with Gasteiger partial charge in [-0.3, -0.25) is 4.72 Å². The van der Waals surface area contributed by atoms with Crippen LogP contribution in [0.25, 0.3) is 0 Å². The van der Waals surface area contributed by atoms with Gasteiger partial charge in [0.15, 0.2) is 0 Å². The van der Waals surface area contributed by atoms with Crippen LogP contribution in [0.15, 0.2) is 94.7 Å². The molecular formula is C28H26N2O7S2. The zero-order valence-electron chi connectivity index (χ0n) is 21.0. The van der Waals surface area contributed by atoms with Gasteiger partial charge in [0.25, 0.3) is 10.0 Å². The maximum absolute atomic E-state index is 12.8. The van der Waals surface area contributed by atoms with Crippen LogP contribution in [0, 0.1) is 13.8 Å². The summed E-state index contributed by atoms with van der Waals surface area (Å²) >= 11 is 0. The zero-order valence-corrected chi connectivity index (χ0v) is 22.7. The zero-order chi connectivity index (χ0) is 28.2. The highest BCUT2D eigenvalue weighted by Gasteiger charge is 2.20. The summed E-state index contributed by atoms with van der Waals surface area (Å²) in [7, 11) is -5.57. The number of aryl methyl sites for hydroxylation is 2. The van der Waals surface area contributed by atoms with E-state index in [2.05, 4.69) is 9.44 Å². The topological polar surface area (TPSA) is 142 Å². The maximum Gasteiger partial charge on any atom is 0.337 e. The lowest BCUT2D eigenvalue weighted by molar-refractivity contribution is 0.0697. The van der Waals surface area contributed by atoms with Gasteiger partial charge < -0.3 is 19.7 Å². The number of rotatable bonds is 10.